The van der Waals surface area contributed by atoms with E-state index < -0.39 is 5.60 Å². The highest BCUT2D eigenvalue weighted by Gasteiger charge is 2.34. The molecule has 0 saturated carbocycles. The zero-order chi connectivity index (χ0) is 16.4. The van der Waals surface area contributed by atoms with E-state index in [1.54, 1.807) is 11.1 Å². The van der Waals surface area contributed by atoms with Gasteiger partial charge >= 0.3 is 6.09 Å². The third-order valence-electron chi connectivity index (χ3n) is 4.00. The van der Waals surface area contributed by atoms with Gasteiger partial charge in [0.25, 0.3) is 0 Å². The van der Waals surface area contributed by atoms with Crippen LogP contribution >= 0.6 is 0 Å². The van der Waals surface area contributed by atoms with E-state index in [2.05, 4.69) is 20.9 Å². The molecule has 1 saturated heterocycles. The summed E-state index contributed by atoms with van der Waals surface area (Å²) in [4.78, 5) is 18.4. The lowest BCUT2D eigenvalue weighted by Crippen LogP contribution is -2.62. The van der Waals surface area contributed by atoms with Crippen molar-refractivity contribution in [1.29, 1.82) is 0 Å². The normalized spacial score (nSPS) is 30.0. The Morgan fingerprint density at radius 2 is 2.22 bits per heavy atom. The molecule has 3 rings (SSSR count). The molecule has 0 aromatic heterocycles. The molecular formula is C16H25N5O2. The summed E-state index contributed by atoms with van der Waals surface area (Å²) >= 11 is 0. The third kappa shape index (κ3) is 3.85. The molecule has 0 radical (unpaired) electrons. The van der Waals surface area contributed by atoms with E-state index in [0.29, 0.717) is 13.1 Å². The average molecular weight is 319 g/mol. The molecule has 23 heavy (non-hydrogen) atoms. The Balaban J connectivity index is 1.59. The van der Waals surface area contributed by atoms with E-state index in [-0.39, 0.29) is 24.5 Å². The molecule has 0 aromatic carbocycles. The van der Waals surface area contributed by atoms with Gasteiger partial charge in [0, 0.05) is 31.5 Å². The van der Waals surface area contributed by atoms with Crippen LogP contribution in [0.2, 0.25) is 0 Å². The predicted octanol–water partition coefficient (Wildman–Crippen LogP) is 0.912. The molecule has 0 bridgehead atoms. The summed E-state index contributed by atoms with van der Waals surface area (Å²) in [5, 5.41) is 10.1. The van der Waals surface area contributed by atoms with Crippen molar-refractivity contribution in [3.8, 4) is 0 Å². The van der Waals surface area contributed by atoms with Gasteiger partial charge in [-0.15, -0.1) is 0 Å². The summed E-state index contributed by atoms with van der Waals surface area (Å²) in [6, 6.07) is 0.267. The van der Waals surface area contributed by atoms with E-state index in [0.717, 1.165) is 6.42 Å². The van der Waals surface area contributed by atoms with Gasteiger partial charge in [0.05, 0.1) is 0 Å². The smallest absolute Gasteiger partial charge is 0.410 e. The van der Waals surface area contributed by atoms with Crippen LogP contribution in [0.3, 0.4) is 0 Å². The Kier molecular flexibility index (Phi) is 4.30. The second-order valence-electron chi connectivity index (χ2n) is 7.04. The van der Waals surface area contributed by atoms with E-state index in [1.807, 2.05) is 39.2 Å². The molecule has 0 aromatic rings. The molecule has 126 valence electrons. The molecule has 1 fully saturated rings. The van der Waals surface area contributed by atoms with Crippen molar-refractivity contribution >= 4 is 12.3 Å². The van der Waals surface area contributed by atoms with Gasteiger partial charge in [0.1, 0.15) is 11.8 Å². The number of allylic oxidation sites excluding steroid dienone is 1. The Hall–Kier alpha value is -2.02. The number of amides is 1. The molecule has 0 aliphatic carbocycles. The van der Waals surface area contributed by atoms with Crippen molar-refractivity contribution in [1.82, 2.24) is 20.9 Å². The van der Waals surface area contributed by atoms with Gasteiger partial charge in [-0.3, -0.25) is 10.3 Å². The van der Waals surface area contributed by atoms with Crippen molar-refractivity contribution < 1.29 is 9.53 Å². The number of carbonyl (C=O) groups excluding carboxylic acids is 1. The fraction of sp³-hybridized carbons (Fsp3) is 0.625. The number of ether oxygens (including phenoxy) is 1. The summed E-state index contributed by atoms with van der Waals surface area (Å²) in [7, 11) is 0. The van der Waals surface area contributed by atoms with Gasteiger partial charge in [0.2, 0.25) is 0 Å². The molecule has 3 heterocycles. The van der Waals surface area contributed by atoms with Crippen molar-refractivity contribution in [2.24, 2.45) is 4.99 Å². The Bertz CT molecular complexity index is 549. The topological polar surface area (TPSA) is 78.0 Å². The van der Waals surface area contributed by atoms with Crippen LogP contribution in [0.15, 0.2) is 29.0 Å². The van der Waals surface area contributed by atoms with Crippen LogP contribution in [-0.4, -0.2) is 54.3 Å². The molecule has 3 N–H and O–H groups in total. The summed E-state index contributed by atoms with van der Waals surface area (Å²) < 4.78 is 5.46. The number of piperidine rings is 1. The molecule has 3 unspecified atom stereocenters. The number of nitrogens with zero attached hydrogens (tertiary/aromatic N) is 2. The van der Waals surface area contributed by atoms with Crippen LogP contribution < -0.4 is 16.0 Å². The molecular weight excluding hydrogens is 294 g/mol. The van der Waals surface area contributed by atoms with Crippen LogP contribution in [0.25, 0.3) is 0 Å². The Labute approximate surface area is 136 Å². The summed E-state index contributed by atoms with van der Waals surface area (Å²) in [6.45, 7) is 6.94. The van der Waals surface area contributed by atoms with Crippen molar-refractivity contribution in [2.75, 3.05) is 13.1 Å². The van der Waals surface area contributed by atoms with Crippen LogP contribution in [0.4, 0.5) is 4.79 Å². The van der Waals surface area contributed by atoms with Gasteiger partial charge in [-0.1, -0.05) is 0 Å². The number of rotatable bonds is 1. The molecule has 3 aliphatic rings. The largest absolute Gasteiger partial charge is 0.444 e. The van der Waals surface area contributed by atoms with Crippen molar-refractivity contribution in [3.63, 3.8) is 0 Å². The third-order valence-corrected chi connectivity index (χ3v) is 4.00. The number of hydrogen-bond donors (Lipinski definition) is 3. The number of aliphatic imine (C=N–C) groups is 1. The fourth-order valence-corrected chi connectivity index (χ4v) is 2.91. The van der Waals surface area contributed by atoms with E-state index in [1.165, 1.54) is 5.57 Å². The second kappa shape index (κ2) is 6.23. The van der Waals surface area contributed by atoms with Crippen molar-refractivity contribution in [3.05, 3.63) is 24.0 Å². The minimum absolute atomic E-state index is 0.0262. The number of fused-ring (bicyclic) bond motifs is 1. The van der Waals surface area contributed by atoms with Gasteiger partial charge < -0.3 is 20.3 Å². The van der Waals surface area contributed by atoms with E-state index in [4.69, 9.17) is 4.74 Å². The molecule has 1 amide bonds. The fourth-order valence-electron chi connectivity index (χ4n) is 2.91. The van der Waals surface area contributed by atoms with Gasteiger partial charge in [-0.05, 0) is 45.0 Å². The molecule has 0 spiro atoms. The van der Waals surface area contributed by atoms with Crippen LogP contribution in [0.5, 0.6) is 0 Å². The maximum atomic E-state index is 12.2. The minimum atomic E-state index is -0.464. The highest BCUT2D eigenvalue weighted by molar-refractivity contribution is 5.72. The lowest BCUT2D eigenvalue weighted by Gasteiger charge is -2.41. The predicted molar refractivity (Wildman–Crippen MR) is 88.9 cm³/mol. The standard InChI is InChI=1S/C16H25N5O2/c1-16(2,3)23-15(22)21-8-5-12-11(10-21)9-19-14(20-12)13-17-6-4-7-18-13/h4,6-7,9,12-14,17,19-20H,5,8,10H2,1-3H3. The van der Waals surface area contributed by atoms with E-state index >= 15 is 0 Å². The van der Waals surface area contributed by atoms with Gasteiger partial charge in [0.15, 0.2) is 6.17 Å². The molecule has 7 nitrogen and oxygen atoms in total. The molecule has 7 heteroatoms. The SMILES string of the molecule is CC(C)(C)OC(=O)N1CCC2NC(C3N=CC=CN3)NC=C2C1. The first kappa shape index (κ1) is 15.9. The summed E-state index contributed by atoms with van der Waals surface area (Å²) in [5.41, 5.74) is 0.711. The zero-order valence-electron chi connectivity index (χ0n) is 13.9. The van der Waals surface area contributed by atoms with E-state index in [9.17, 15) is 4.79 Å². The Morgan fingerprint density at radius 3 is 2.91 bits per heavy atom. The maximum Gasteiger partial charge on any atom is 0.410 e. The number of likely N-dealkylation sites (tertiary alicyclic amines) is 1. The average Bonchev–Trinajstić information content (AvgIpc) is 2.53. The highest BCUT2D eigenvalue weighted by Crippen LogP contribution is 2.21. The van der Waals surface area contributed by atoms with Crippen LogP contribution in [0, 0.1) is 0 Å². The lowest BCUT2D eigenvalue weighted by atomic mass is 9.97. The summed E-state index contributed by atoms with van der Waals surface area (Å²) in [5.74, 6) is 0. The maximum absolute atomic E-state index is 12.2. The first-order valence-corrected chi connectivity index (χ1v) is 8.06. The van der Waals surface area contributed by atoms with Crippen molar-refractivity contribution in [2.45, 2.75) is 51.2 Å². The zero-order valence-corrected chi connectivity index (χ0v) is 13.9. The molecule has 3 atom stereocenters. The summed E-state index contributed by atoms with van der Waals surface area (Å²) in [6.07, 6.45) is 8.22. The number of nitrogens with one attached hydrogen (secondary N) is 3. The lowest BCUT2D eigenvalue weighted by molar-refractivity contribution is 0.0231. The minimum Gasteiger partial charge on any atom is -0.444 e. The first-order valence-electron chi connectivity index (χ1n) is 8.06. The Morgan fingerprint density at radius 1 is 1.39 bits per heavy atom. The van der Waals surface area contributed by atoms with Crippen LogP contribution in [0.1, 0.15) is 27.2 Å². The number of hydrogen-bond acceptors (Lipinski definition) is 6. The van der Waals surface area contributed by atoms with Gasteiger partial charge in [-0.25, -0.2) is 4.79 Å². The van der Waals surface area contributed by atoms with Crippen LogP contribution in [-0.2, 0) is 4.74 Å². The monoisotopic (exact) mass is 319 g/mol. The quantitative estimate of drug-likeness (QED) is 0.670. The number of carbonyl (C=O) groups is 1. The first-order chi connectivity index (χ1) is 10.9. The molecule has 3 aliphatic heterocycles. The second-order valence-corrected chi connectivity index (χ2v) is 7.04. The van der Waals surface area contributed by atoms with Gasteiger partial charge in [-0.2, -0.15) is 0 Å². The highest BCUT2D eigenvalue weighted by atomic mass is 16.6.